The molecule has 0 spiro atoms. The Kier molecular flexibility index (Phi) is 5.15. The van der Waals surface area contributed by atoms with Crippen LogP contribution in [0.4, 0.5) is 0 Å². The minimum atomic E-state index is -0.999. The van der Waals surface area contributed by atoms with Gasteiger partial charge in [0.15, 0.2) is 0 Å². The van der Waals surface area contributed by atoms with Crippen LogP contribution < -0.4 is 0 Å². The van der Waals surface area contributed by atoms with Crippen LogP contribution in [-0.2, 0) is 14.6 Å². The molecule has 0 atom stereocenters. The summed E-state index contributed by atoms with van der Waals surface area (Å²) in [5, 5.41) is 17.8. The molecule has 0 heterocycles. The van der Waals surface area contributed by atoms with Crippen LogP contribution in [0.5, 0.6) is 0 Å². The summed E-state index contributed by atoms with van der Waals surface area (Å²) >= 11 is 0. The molecule has 0 unspecified atom stereocenters. The number of ether oxygens (including phenoxy) is 1. The third-order valence-electron chi connectivity index (χ3n) is 0.659. The number of carboxylic acid groups (broad SMARTS) is 1. The molecule has 0 aliphatic rings. The van der Waals surface area contributed by atoms with Crippen LogP contribution in [0.25, 0.3) is 0 Å². The van der Waals surface area contributed by atoms with Gasteiger partial charge in [-0.15, -0.1) is 0 Å². The van der Waals surface area contributed by atoms with Gasteiger partial charge in [0.1, 0.15) is 6.61 Å². The highest BCUT2D eigenvalue weighted by Crippen LogP contribution is 1.79. The lowest BCUT2D eigenvalue weighted by Crippen LogP contribution is -2.08. The van der Waals surface area contributed by atoms with Gasteiger partial charge in [0.25, 0.3) is 0 Å². The number of hydrogen-bond acceptors (Lipinski definition) is 2. The van der Waals surface area contributed by atoms with Gasteiger partial charge < -0.3 is 9.84 Å². The summed E-state index contributed by atoms with van der Waals surface area (Å²) in [5.41, 5.74) is 0. The first-order valence-corrected chi connectivity index (χ1v) is 2.65. The monoisotopic (exact) mass is 133 g/mol. The molecule has 0 saturated heterocycles. The Morgan fingerprint density at radius 1 is 1.56 bits per heavy atom. The van der Waals surface area contributed by atoms with Crippen molar-refractivity contribution >= 4 is 5.97 Å². The molecule has 0 aromatic rings. The highest BCUT2D eigenvalue weighted by atomic mass is 16.5. The Bertz CT molecular complexity index is 81.0. The zero-order chi connectivity index (χ0) is 7.11. The second-order valence-electron chi connectivity index (χ2n) is 1.50. The SMILES string of the molecule is [O]CCCOCC(=O)O. The van der Waals surface area contributed by atoms with E-state index in [1.54, 1.807) is 0 Å². The Hall–Kier alpha value is -0.610. The lowest BCUT2D eigenvalue weighted by Gasteiger charge is -1.95. The van der Waals surface area contributed by atoms with Crippen LogP contribution in [0.3, 0.4) is 0 Å². The third kappa shape index (κ3) is 7.39. The molecule has 1 radical (unpaired) electrons. The molecular formula is C5H9O4. The van der Waals surface area contributed by atoms with Crippen molar-refractivity contribution in [3.05, 3.63) is 0 Å². The van der Waals surface area contributed by atoms with Crippen molar-refractivity contribution in [2.24, 2.45) is 0 Å². The predicted octanol–water partition coefficient (Wildman–Crippen LogP) is -0.0918. The first-order chi connectivity index (χ1) is 4.27. The van der Waals surface area contributed by atoms with Crippen LogP contribution >= 0.6 is 0 Å². The number of carbonyl (C=O) groups is 1. The topological polar surface area (TPSA) is 66.4 Å². The van der Waals surface area contributed by atoms with Crippen molar-refractivity contribution in [1.29, 1.82) is 0 Å². The zero-order valence-corrected chi connectivity index (χ0v) is 5.00. The minimum Gasteiger partial charge on any atom is -0.480 e. The molecule has 0 aliphatic heterocycles. The van der Waals surface area contributed by atoms with Gasteiger partial charge in [-0.05, 0) is 6.42 Å². The van der Waals surface area contributed by atoms with Gasteiger partial charge in [-0.25, -0.2) is 9.90 Å². The van der Waals surface area contributed by atoms with Gasteiger partial charge in [-0.2, -0.15) is 0 Å². The van der Waals surface area contributed by atoms with Crippen LogP contribution in [-0.4, -0.2) is 30.9 Å². The van der Waals surface area contributed by atoms with Gasteiger partial charge in [0.05, 0.1) is 6.61 Å². The summed E-state index contributed by atoms with van der Waals surface area (Å²) in [4.78, 5) is 9.76. The summed E-state index contributed by atoms with van der Waals surface area (Å²) in [6.07, 6.45) is 0.382. The van der Waals surface area contributed by atoms with Crippen LogP contribution in [0.2, 0.25) is 0 Å². The van der Waals surface area contributed by atoms with Crippen molar-refractivity contribution in [3.63, 3.8) is 0 Å². The highest BCUT2D eigenvalue weighted by molar-refractivity contribution is 5.67. The van der Waals surface area contributed by atoms with Gasteiger partial charge in [-0.3, -0.25) is 0 Å². The van der Waals surface area contributed by atoms with E-state index in [4.69, 9.17) is 5.11 Å². The van der Waals surface area contributed by atoms with Crippen LogP contribution in [0.1, 0.15) is 6.42 Å². The fourth-order valence-corrected chi connectivity index (χ4v) is 0.320. The Morgan fingerprint density at radius 3 is 2.67 bits per heavy atom. The maximum atomic E-state index is 9.76. The van der Waals surface area contributed by atoms with E-state index in [0.29, 0.717) is 6.42 Å². The van der Waals surface area contributed by atoms with E-state index in [-0.39, 0.29) is 19.8 Å². The van der Waals surface area contributed by atoms with Crippen LogP contribution in [0, 0.1) is 0 Å². The Balaban J connectivity index is 2.83. The van der Waals surface area contributed by atoms with Gasteiger partial charge >= 0.3 is 5.97 Å². The van der Waals surface area contributed by atoms with Crippen molar-refractivity contribution in [1.82, 2.24) is 0 Å². The molecule has 0 rings (SSSR count). The van der Waals surface area contributed by atoms with Crippen molar-refractivity contribution < 1.29 is 19.7 Å². The molecule has 0 fully saturated rings. The molecule has 1 N–H and O–H groups in total. The molecule has 0 aromatic heterocycles. The molecule has 0 amide bonds. The molecule has 9 heavy (non-hydrogen) atoms. The van der Waals surface area contributed by atoms with Gasteiger partial charge in [0.2, 0.25) is 0 Å². The molecule has 4 nitrogen and oxygen atoms in total. The molecule has 0 bridgehead atoms. The van der Waals surface area contributed by atoms with E-state index in [1.807, 2.05) is 0 Å². The number of aliphatic carboxylic acids is 1. The normalized spacial score (nSPS) is 9.44. The molecule has 4 heteroatoms. The Morgan fingerprint density at radius 2 is 2.22 bits per heavy atom. The summed E-state index contributed by atoms with van der Waals surface area (Å²) < 4.78 is 4.54. The molecule has 0 saturated carbocycles. The van der Waals surface area contributed by atoms with Gasteiger partial charge in [0, 0.05) is 6.61 Å². The molecule has 0 aromatic carbocycles. The maximum Gasteiger partial charge on any atom is 0.329 e. The number of hydrogen-bond donors (Lipinski definition) is 1. The molecule has 53 valence electrons. The fourth-order valence-electron chi connectivity index (χ4n) is 0.320. The lowest BCUT2D eigenvalue weighted by atomic mass is 10.5. The average Bonchev–Trinajstić information content (AvgIpc) is 1.80. The standard InChI is InChI=1S/C5H9O4/c6-2-1-3-9-4-5(7)8/h1-4H2,(H,7,8). The fraction of sp³-hybridized carbons (Fsp3) is 0.800. The van der Waals surface area contributed by atoms with Crippen molar-refractivity contribution in [2.45, 2.75) is 6.42 Å². The van der Waals surface area contributed by atoms with Gasteiger partial charge in [-0.1, -0.05) is 0 Å². The second-order valence-corrected chi connectivity index (χ2v) is 1.50. The molecule has 0 aliphatic carbocycles. The first kappa shape index (κ1) is 8.39. The van der Waals surface area contributed by atoms with Crippen molar-refractivity contribution in [2.75, 3.05) is 19.8 Å². The average molecular weight is 133 g/mol. The minimum absolute atomic E-state index is 0.209. The van der Waals surface area contributed by atoms with Crippen LogP contribution in [0.15, 0.2) is 0 Å². The predicted molar refractivity (Wildman–Crippen MR) is 28.6 cm³/mol. The third-order valence-corrected chi connectivity index (χ3v) is 0.659. The summed E-state index contributed by atoms with van der Waals surface area (Å²) in [6, 6.07) is 0. The van der Waals surface area contributed by atoms with E-state index in [0.717, 1.165) is 0 Å². The smallest absolute Gasteiger partial charge is 0.329 e. The molecular weight excluding hydrogens is 124 g/mol. The lowest BCUT2D eigenvalue weighted by molar-refractivity contribution is -0.142. The number of carboxylic acids is 1. The van der Waals surface area contributed by atoms with Crippen molar-refractivity contribution in [3.8, 4) is 0 Å². The van der Waals surface area contributed by atoms with E-state index >= 15 is 0 Å². The summed E-state index contributed by atoms with van der Waals surface area (Å²) in [7, 11) is 0. The quantitative estimate of drug-likeness (QED) is 0.533. The Labute approximate surface area is 53.1 Å². The largest absolute Gasteiger partial charge is 0.480 e. The van der Waals surface area contributed by atoms with E-state index in [1.165, 1.54) is 0 Å². The highest BCUT2D eigenvalue weighted by Gasteiger charge is 1.93. The van der Waals surface area contributed by atoms with E-state index < -0.39 is 5.97 Å². The van der Waals surface area contributed by atoms with E-state index in [2.05, 4.69) is 4.74 Å². The maximum absolute atomic E-state index is 9.76. The second kappa shape index (κ2) is 5.53. The summed E-state index contributed by atoms with van der Waals surface area (Å²) in [5.74, 6) is -0.999. The zero-order valence-electron chi connectivity index (χ0n) is 5.00. The first-order valence-electron chi connectivity index (χ1n) is 2.65. The van der Waals surface area contributed by atoms with E-state index in [9.17, 15) is 9.90 Å². The summed E-state index contributed by atoms with van der Waals surface area (Å²) in [6.45, 7) is -0.268. The number of rotatable bonds is 5.